The van der Waals surface area contributed by atoms with Crippen LogP contribution < -0.4 is 10.6 Å². The van der Waals surface area contributed by atoms with Crippen LogP contribution in [0.15, 0.2) is 29.4 Å². The van der Waals surface area contributed by atoms with Gasteiger partial charge in [0.1, 0.15) is 0 Å². The van der Waals surface area contributed by atoms with Gasteiger partial charge in [-0.25, -0.2) is 0 Å². The summed E-state index contributed by atoms with van der Waals surface area (Å²) >= 11 is 2.04. The average molecular weight is 531 g/mol. The van der Waals surface area contributed by atoms with E-state index in [0.717, 1.165) is 63.8 Å². The Bertz CT molecular complexity index is 781. The first-order valence-corrected chi connectivity index (χ1v) is 11.5. The molecule has 1 saturated heterocycles. The average Bonchev–Trinajstić information content (AvgIpc) is 3.12. The minimum absolute atomic E-state index is 0. The topological polar surface area (TPSA) is 61.4 Å². The van der Waals surface area contributed by atoms with Crippen LogP contribution in [0, 0.1) is 6.92 Å². The number of fused-ring (bicyclic) bond motifs is 1. The quantitative estimate of drug-likeness (QED) is 0.267. The molecule has 1 aromatic heterocycles. The number of ether oxygens (including phenoxy) is 1. The number of benzene rings is 1. The van der Waals surface area contributed by atoms with Gasteiger partial charge in [0.2, 0.25) is 0 Å². The fourth-order valence-electron chi connectivity index (χ4n) is 3.85. The zero-order valence-electron chi connectivity index (χ0n) is 17.8. The zero-order valence-corrected chi connectivity index (χ0v) is 21.0. The molecule has 2 heterocycles. The first-order chi connectivity index (χ1) is 13.7. The molecule has 1 fully saturated rings. The molecule has 1 aromatic carbocycles. The third kappa shape index (κ3) is 6.52. The standard InChI is InChI=1S/C22H34N4OS.HI/c1-4-23-21(26-16-22(28-5-2)10-13-27-14-11-22)24-12-9-18-15-25-20-17(3)7-6-8-19(18)20;/h6-8,15,25H,4-5,9-14,16H2,1-3H3,(H2,23,24,26);1H. The summed E-state index contributed by atoms with van der Waals surface area (Å²) in [5.74, 6) is 2.04. The number of para-hydroxylation sites is 1. The Morgan fingerprint density at radius 2 is 2.03 bits per heavy atom. The van der Waals surface area contributed by atoms with Crippen molar-refractivity contribution in [2.75, 3.05) is 38.6 Å². The van der Waals surface area contributed by atoms with E-state index in [1.54, 1.807) is 0 Å². The number of nitrogens with one attached hydrogen (secondary N) is 3. The largest absolute Gasteiger partial charge is 0.381 e. The minimum Gasteiger partial charge on any atom is -0.381 e. The first-order valence-electron chi connectivity index (χ1n) is 10.5. The molecule has 0 radical (unpaired) electrons. The van der Waals surface area contributed by atoms with Gasteiger partial charge in [-0.15, -0.1) is 24.0 Å². The SMILES string of the molecule is CCNC(=NCC1(SCC)CCOCC1)NCCc1c[nH]c2c(C)cccc12.I. The van der Waals surface area contributed by atoms with E-state index in [4.69, 9.17) is 9.73 Å². The zero-order chi connectivity index (χ0) is 19.8. The lowest BCUT2D eigenvalue weighted by Crippen LogP contribution is -2.41. The van der Waals surface area contributed by atoms with Gasteiger partial charge in [-0.1, -0.05) is 25.1 Å². The number of guanidine groups is 1. The summed E-state index contributed by atoms with van der Waals surface area (Å²) in [6.07, 6.45) is 5.28. The van der Waals surface area contributed by atoms with Crippen molar-refractivity contribution < 1.29 is 4.74 Å². The maximum atomic E-state index is 5.58. The summed E-state index contributed by atoms with van der Waals surface area (Å²) < 4.78 is 5.81. The number of halogens is 1. The van der Waals surface area contributed by atoms with Crippen LogP contribution in [0.4, 0.5) is 0 Å². The predicted molar refractivity (Wildman–Crippen MR) is 137 cm³/mol. The van der Waals surface area contributed by atoms with Crippen molar-refractivity contribution in [3.8, 4) is 0 Å². The van der Waals surface area contributed by atoms with E-state index in [2.05, 4.69) is 60.8 Å². The molecule has 0 atom stereocenters. The van der Waals surface area contributed by atoms with Crippen LogP contribution in [0.1, 0.15) is 37.8 Å². The highest BCUT2D eigenvalue weighted by atomic mass is 127. The van der Waals surface area contributed by atoms with Gasteiger partial charge in [0, 0.05) is 48.2 Å². The fourth-order valence-corrected chi connectivity index (χ4v) is 5.07. The van der Waals surface area contributed by atoms with Crippen LogP contribution in [0.5, 0.6) is 0 Å². The summed E-state index contributed by atoms with van der Waals surface area (Å²) in [5.41, 5.74) is 3.89. The molecule has 0 spiro atoms. The van der Waals surface area contributed by atoms with Crippen LogP contribution in [-0.2, 0) is 11.2 Å². The molecule has 3 N–H and O–H groups in total. The fraction of sp³-hybridized carbons (Fsp3) is 0.591. The second kappa shape index (κ2) is 12.1. The maximum Gasteiger partial charge on any atom is 0.191 e. The van der Waals surface area contributed by atoms with Gasteiger partial charge >= 0.3 is 0 Å². The molecule has 7 heteroatoms. The van der Waals surface area contributed by atoms with Crippen molar-refractivity contribution in [3.63, 3.8) is 0 Å². The van der Waals surface area contributed by atoms with Crippen LogP contribution in [0.25, 0.3) is 10.9 Å². The third-order valence-corrected chi connectivity index (χ3v) is 6.86. The second-order valence-corrected chi connectivity index (χ2v) is 9.14. The molecule has 2 aromatic rings. The third-order valence-electron chi connectivity index (χ3n) is 5.42. The molecule has 5 nitrogen and oxygen atoms in total. The van der Waals surface area contributed by atoms with Crippen molar-refractivity contribution in [1.82, 2.24) is 15.6 Å². The van der Waals surface area contributed by atoms with Gasteiger partial charge in [-0.3, -0.25) is 4.99 Å². The number of hydrogen-bond acceptors (Lipinski definition) is 3. The molecule has 3 rings (SSSR count). The lowest BCUT2D eigenvalue weighted by atomic mass is 9.99. The molecule has 162 valence electrons. The number of H-pyrrole nitrogens is 1. The van der Waals surface area contributed by atoms with E-state index in [0.29, 0.717) is 0 Å². The van der Waals surface area contributed by atoms with Crippen LogP contribution in [0.2, 0.25) is 0 Å². The highest BCUT2D eigenvalue weighted by Crippen LogP contribution is 2.35. The lowest BCUT2D eigenvalue weighted by molar-refractivity contribution is 0.0793. The van der Waals surface area contributed by atoms with Crippen LogP contribution in [-0.4, -0.2) is 54.3 Å². The van der Waals surface area contributed by atoms with Gasteiger partial charge in [0.05, 0.1) is 6.54 Å². The van der Waals surface area contributed by atoms with E-state index in [9.17, 15) is 0 Å². The predicted octanol–water partition coefficient (Wildman–Crippen LogP) is 4.49. The van der Waals surface area contributed by atoms with Gasteiger partial charge < -0.3 is 20.4 Å². The minimum atomic E-state index is 0. The van der Waals surface area contributed by atoms with Crippen LogP contribution >= 0.6 is 35.7 Å². The molecule has 0 amide bonds. The number of nitrogens with zero attached hydrogens (tertiary/aromatic N) is 1. The number of aromatic nitrogens is 1. The van der Waals surface area contributed by atoms with E-state index in [1.807, 2.05) is 11.8 Å². The van der Waals surface area contributed by atoms with Gasteiger partial charge in [-0.05, 0) is 50.0 Å². The number of rotatable bonds is 8. The molecule has 1 aliphatic rings. The van der Waals surface area contributed by atoms with Crippen molar-refractivity contribution in [2.24, 2.45) is 4.99 Å². The Morgan fingerprint density at radius 3 is 2.76 bits per heavy atom. The first kappa shape index (κ1) is 24.3. The van der Waals surface area contributed by atoms with E-state index < -0.39 is 0 Å². The Balaban J connectivity index is 0.00000300. The molecule has 0 aliphatic carbocycles. The van der Waals surface area contributed by atoms with Crippen molar-refractivity contribution in [3.05, 3.63) is 35.5 Å². The highest BCUT2D eigenvalue weighted by molar-refractivity contribution is 14.0. The second-order valence-electron chi connectivity index (χ2n) is 7.41. The summed E-state index contributed by atoms with van der Waals surface area (Å²) in [7, 11) is 0. The highest BCUT2D eigenvalue weighted by Gasteiger charge is 2.32. The van der Waals surface area contributed by atoms with E-state index >= 15 is 0 Å². The van der Waals surface area contributed by atoms with E-state index in [-0.39, 0.29) is 28.7 Å². The molecule has 0 saturated carbocycles. The van der Waals surface area contributed by atoms with Crippen molar-refractivity contribution in [1.29, 1.82) is 0 Å². The molecule has 0 unspecified atom stereocenters. The number of thioether (sulfide) groups is 1. The molecule has 29 heavy (non-hydrogen) atoms. The number of aliphatic imine (C=N–C) groups is 1. The number of hydrogen-bond donors (Lipinski definition) is 3. The van der Waals surface area contributed by atoms with Gasteiger partial charge in [0.25, 0.3) is 0 Å². The summed E-state index contributed by atoms with van der Waals surface area (Å²) in [6, 6.07) is 6.48. The van der Waals surface area contributed by atoms with Crippen molar-refractivity contribution in [2.45, 2.75) is 44.8 Å². The summed E-state index contributed by atoms with van der Waals surface area (Å²) in [4.78, 5) is 8.35. The molecule has 0 bridgehead atoms. The van der Waals surface area contributed by atoms with E-state index in [1.165, 1.54) is 22.0 Å². The monoisotopic (exact) mass is 530 g/mol. The number of aromatic amines is 1. The molecular weight excluding hydrogens is 495 g/mol. The van der Waals surface area contributed by atoms with Gasteiger partial charge in [-0.2, -0.15) is 11.8 Å². The lowest BCUT2D eigenvalue weighted by Gasteiger charge is -2.35. The Morgan fingerprint density at radius 1 is 1.24 bits per heavy atom. The maximum absolute atomic E-state index is 5.58. The Labute approximate surface area is 196 Å². The number of aryl methyl sites for hydroxylation is 1. The van der Waals surface area contributed by atoms with Crippen LogP contribution in [0.3, 0.4) is 0 Å². The smallest absolute Gasteiger partial charge is 0.191 e. The summed E-state index contributed by atoms with van der Waals surface area (Å²) in [5, 5.41) is 8.24. The molecular formula is C22H35IN4OS. The summed E-state index contributed by atoms with van der Waals surface area (Å²) in [6.45, 7) is 10.8. The normalized spacial score (nSPS) is 16.4. The van der Waals surface area contributed by atoms with Crippen molar-refractivity contribution >= 4 is 52.6 Å². The Hall–Kier alpha value is -0.930. The van der Waals surface area contributed by atoms with Gasteiger partial charge in [0.15, 0.2) is 5.96 Å². The molecule has 1 aliphatic heterocycles. The Kier molecular flexibility index (Phi) is 10.1.